The van der Waals surface area contributed by atoms with Gasteiger partial charge in [0.25, 0.3) is 0 Å². The number of fused-ring (bicyclic) bond motifs is 1. The van der Waals surface area contributed by atoms with Gasteiger partial charge in [-0.15, -0.1) is 0 Å². The molecule has 0 saturated heterocycles. The maximum absolute atomic E-state index is 13.2. The van der Waals surface area contributed by atoms with E-state index in [0.717, 1.165) is 0 Å². The van der Waals surface area contributed by atoms with Crippen LogP contribution < -0.4 is 0 Å². The van der Waals surface area contributed by atoms with Gasteiger partial charge in [-0.3, -0.25) is 4.40 Å². The number of imidazole rings is 1. The van der Waals surface area contributed by atoms with Crippen LogP contribution >= 0.6 is 0 Å². The van der Waals surface area contributed by atoms with Gasteiger partial charge in [-0.2, -0.15) is 4.39 Å². The van der Waals surface area contributed by atoms with Crippen molar-refractivity contribution in [3.63, 3.8) is 0 Å². The van der Waals surface area contributed by atoms with Crippen molar-refractivity contribution in [1.82, 2.24) is 9.38 Å². The zero-order valence-electron chi connectivity index (χ0n) is 8.11. The second-order valence-corrected chi connectivity index (χ2v) is 2.92. The lowest BCUT2D eigenvalue weighted by Gasteiger charge is -1.95. The average Bonchev–Trinajstić information content (AvgIpc) is 2.63. The molecule has 2 aromatic heterocycles. The second kappa shape index (κ2) is 3.68. The summed E-state index contributed by atoms with van der Waals surface area (Å²) in [7, 11) is 0. The predicted octanol–water partition coefficient (Wildman–Crippen LogP) is 1.65. The SMILES string of the molecule is CCOC(=O)c1cn2c(F)cccc2n1. The quantitative estimate of drug-likeness (QED) is 0.556. The number of ether oxygens (including phenoxy) is 1. The molecule has 0 saturated carbocycles. The van der Waals surface area contributed by atoms with E-state index in [0.29, 0.717) is 5.65 Å². The molecule has 15 heavy (non-hydrogen) atoms. The minimum Gasteiger partial charge on any atom is -0.461 e. The van der Waals surface area contributed by atoms with Crippen LogP contribution in [-0.4, -0.2) is 22.0 Å². The molecule has 5 heteroatoms. The minimum atomic E-state index is -0.541. The number of nitrogens with zero attached hydrogens (tertiary/aromatic N) is 2. The van der Waals surface area contributed by atoms with Crippen LogP contribution in [0.5, 0.6) is 0 Å². The second-order valence-electron chi connectivity index (χ2n) is 2.92. The molecule has 0 spiro atoms. The molecule has 0 aliphatic rings. The highest BCUT2D eigenvalue weighted by Gasteiger charge is 2.12. The Bertz CT molecular complexity index is 507. The molecule has 0 unspecified atom stereocenters. The van der Waals surface area contributed by atoms with E-state index < -0.39 is 11.9 Å². The molecular weight excluding hydrogens is 199 g/mol. The Kier molecular flexibility index (Phi) is 2.37. The summed E-state index contributed by atoms with van der Waals surface area (Å²) in [6.45, 7) is 1.98. The van der Waals surface area contributed by atoms with Crippen molar-refractivity contribution >= 4 is 11.6 Å². The maximum atomic E-state index is 13.2. The van der Waals surface area contributed by atoms with E-state index in [1.54, 1.807) is 13.0 Å². The van der Waals surface area contributed by atoms with Gasteiger partial charge < -0.3 is 4.74 Å². The highest BCUT2D eigenvalue weighted by molar-refractivity contribution is 5.87. The van der Waals surface area contributed by atoms with E-state index in [2.05, 4.69) is 4.98 Å². The number of rotatable bonds is 2. The van der Waals surface area contributed by atoms with Crippen LogP contribution in [0.25, 0.3) is 5.65 Å². The molecule has 0 aliphatic carbocycles. The lowest BCUT2D eigenvalue weighted by Crippen LogP contribution is -2.04. The molecule has 0 fully saturated rings. The van der Waals surface area contributed by atoms with Gasteiger partial charge in [0.15, 0.2) is 11.6 Å². The fourth-order valence-corrected chi connectivity index (χ4v) is 1.28. The lowest BCUT2D eigenvalue weighted by atomic mass is 10.5. The fourth-order valence-electron chi connectivity index (χ4n) is 1.28. The van der Waals surface area contributed by atoms with Crippen LogP contribution in [0, 0.1) is 5.95 Å². The molecule has 2 heterocycles. The number of halogens is 1. The molecule has 4 nitrogen and oxygen atoms in total. The summed E-state index contributed by atoms with van der Waals surface area (Å²) in [4.78, 5) is 15.2. The van der Waals surface area contributed by atoms with Crippen molar-refractivity contribution in [3.05, 3.63) is 36.0 Å². The molecule has 0 atom stereocenters. The first-order chi connectivity index (χ1) is 7.22. The molecule has 2 rings (SSSR count). The van der Waals surface area contributed by atoms with Gasteiger partial charge >= 0.3 is 5.97 Å². The maximum Gasteiger partial charge on any atom is 0.358 e. The van der Waals surface area contributed by atoms with Gasteiger partial charge in [-0.05, 0) is 19.1 Å². The average molecular weight is 208 g/mol. The van der Waals surface area contributed by atoms with E-state index in [9.17, 15) is 9.18 Å². The summed E-state index contributed by atoms with van der Waals surface area (Å²) in [6.07, 6.45) is 1.32. The summed E-state index contributed by atoms with van der Waals surface area (Å²) in [5.41, 5.74) is 0.500. The van der Waals surface area contributed by atoms with Gasteiger partial charge in [0.1, 0.15) is 5.65 Å². The van der Waals surface area contributed by atoms with Crippen LogP contribution in [-0.2, 0) is 4.74 Å². The van der Waals surface area contributed by atoms with Crippen LogP contribution in [0.3, 0.4) is 0 Å². The highest BCUT2D eigenvalue weighted by Crippen LogP contribution is 2.08. The van der Waals surface area contributed by atoms with Gasteiger partial charge in [0.2, 0.25) is 0 Å². The van der Waals surface area contributed by atoms with Crippen LogP contribution in [0.1, 0.15) is 17.4 Å². The molecular formula is C10H9FN2O2. The van der Waals surface area contributed by atoms with Gasteiger partial charge in [0.05, 0.1) is 6.61 Å². The van der Waals surface area contributed by atoms with Gasteiger partial charge in [-0.1, -0.05) is 6.07 Å². The summed E-state index contributed by atoms with van der Waals surface area (Å²) in [6, 6.07) is 4.45. The number of esters is 1. The number of pyridine rings is 1. The van der Waals surface area contributed by atoms with Crippen molar-refractivity contribution < 1.29 is 13.9 Å². The molecule has 0 aromatic carbocycles. The molecule has 2 aromatic rings. The van der Waals surface area contributed by atoms with Gasteiger partial charge in [0, 0.05) is 6.20 Å². The van der Waals surface area contributed by atoms with Crippen molar-refractivity contribution in [2.45, 2.75) is 6.92 Å². The standard InChI is InChI=1S/C10H9FN2O2/c1-2-15-10(14)7-6-13-8(11)4-3-5-9(13)12-7/h3-6H,2H2,1H3. The van der Waals surface area contributed by atoms with E-state index in [1.807, 2.05) is 0 Å². The smallest absolute Gasteiger partial charge is 0.358 e. The Balaban J connectivity index is 2.47. The Morgan fingerprint density at radius 2 is 2.40 bits per heavy atom. The summed E-state index contributed by atoms with van der Waals surface area (Å²) in [5, 5.41) is 0. The molecule has 0 bridgehead atoms. The zero-order chi connectivity index (χ0) is 10.8. The van der Waals surface area contributed by atoms with Crippen molar-refractivity contribution in [3.8, 4) is 0 Å². The van der Waals surface area contributed by atoms with E-state index >= 15 is 0 Å². The first-order valence-electron chi connectivity index (χ1n) is 4.53. The van der Waals surface area contributed by atoms with E-state index in [-0.39, 0.29) is 12.3 Å². The Hall–Kier alpha value is -1.91. The van der Waals surface area contributed by atoms with Gasteiger partial charge in [-0.25, -0.2) is 9.78 Å². The predicted molar refractivity (Wildman–Crippen MR) is 51.1 cm³/mol. The van der Waals surface area contributed by atoms with Crippen molar-refractivity contribution in [2.75, 3.05) is 6.61 Å². The monoisotopic (exact) mass is 208 g/mol. The van der Waals surface area contributed by atoms with Crippen LogP contribution in [0.2, 0.25) is 0 Å². The van der Waals surface area contributed by atoms with E-state index in [4.69, 9.17) is 4.74 Å². The molecule has 0 N–H and O–H groups in total. The fraction of sp³-hybridized carbons (Fsp3) is 0.200. The highest BCUT2D eigenvalue weighted by atomic mass is 19.1. The Morgan fingerprint density at radius 3 is 3.07 bits per heavy atom. The van der Waals surface area contributed by atoms with Crippen molar-refractivity contribution in [1.29, 1.82) is 0 Å². The Morgan fingerprint density at radius 1 is 1.60 bits per heavy atom. The Labute approximate surface area is 85.3 Å². The number of hydrogen-bond acceptors (Lipinski definition) is 3. The molecule has 0 radical (unpaired) electrons. The summed E-state index contributed by atoms with van der Waals surface area (Å²) >= 11 is 0. The minimum absolute atomic E-state index is 0.113. The normalized spacial score (nSPS) is 10.5. The lowest BCUT2D eigenvalue weighted by molar-refractivity contribution is 0.0520. The first kappa shape index (κ1) is 9.64. The van der Waals surface area contributed by atoms with Crippen molar-refractivity contribution in [2.24, 2.45) is 0 Å². The topological polar surface area (TPSA) is 43.6 Å². The third kappa shape index (κ3) is 1.68. The van der Waals surface area contributed by atoms with Crippen LogP contribution in [0.15, 0.2) is 24.4 Å². The first-order valence-corrected chi connectivity index (χ1v) is 4.53. The number of hydrogen-bond donors (Lipinski definition) is 0. The third-order valence-corrected chi connectivity index (χ3v) is 1.93. The molecule has 0 amide bonds. The van der Waals surface area contributed by atoms with E-state index in [1.165, 1.54) is 22.7 Å². The van der Waals surface area contributed by atoms with Crippen LogP contribution in [0.4, 0.5) is 4.39 Å². The number of carbonyl (C=O) groups excluding carboxylic acids is 1. The number of aromatic nitrogens is 2. The largest absolute Gasteiger partial charge is 0.461 e. The summed E-state index contributed by atoms with van der Waals surface area (Å²) < 4.78 is 19.2. The molecule has 0 aliphatic heterocycles. The summed E-state index contributed by atoms with van der Waals surface area (Å²) in [5.74, 6) is -1.00. The number of carbonyl (C=O) groups is 1. The third-order valence-electron chi connectivity index (χ3n) is 1.93. The molecule has 78 valence electrons. The zero-order valence-corrected chi connectivity index (χ0v) is 8.11.